The quantitative estimate of drug-likeness (QED) is 0.770. The van der Waals surface area contributed by atoms with Gasteiger partial charge in [-0.25, -0.2) is 0 Å². The van der Waals surface area contributed by atoms with Crippen LogP contribution in [-0.4, -0.2) is 32.4 Å². The minimum absolute atomic E-state index is 0.209. The van der Waals surface area contributed by atoms with E-state index in [0.717, 1.165) is 25.3 Å². The second-order valence-corrected chi connectivity index (χ2v) is 4.38. The van der Waals surface area contributed by atoms with Crippen LogP contribution >= 0.6 is 0 Å². The third kappa shape index (κ3) is 4.67. The van der Waals surface area contributed by atoms with Crippen LogP contribution in [0, 0.1) is 0 Å². The zero-order valence-corrected chi connectivity index (χ0v) is 11.9. The maximum absolute atomic E-state index is 5.69. The number of benzene rings is 1. The van der Waals surface area contributed by atoms with E-state index in [1.807, 2.05) is 19.1 Å². The molecule has 0 saturated carbocycles. The van der Waals surface area contributed by atoms with Crippen molar-refractivity contribution >= 4 is 0 Å². The molecule has 1 aromatic rings. The molecule has 3 nitrogen and oxygen atoms in total. The monoisotopic (exact) mass is 251 g/mol. The van der Waals surface area contributed by atoms with Crippen molar-refractivity contribution in [2.24, 2.45) is 0 Å². The number of hydrogen-bond donors (Lipinski definition) is 1. The number of rotatable bonds is 8. The van der Waals surface area contributed by atoms with Crippen LogP contribution in [0.25, 0.3) is 0 Å². The van der Waals surface area contributed by atoms with Crippen LogP contribution in [0.4, 0.5) is 0 Å². The molecule has 0 aliphatic carbocycles. The second-order valence-electron chi connectivity index (χ2n) is 4.38. The van der Waals surface area contributed by atoms with Gasteiger partial charge in [0.1, 0.15) is 5.75 Å². The summed E-state index contributed by atoms with van der Waals surface area (Å²) < 4.78 is 10.9. The van der Waals surface area contributed by atoms with Crippen molar-refractivity contribution in [3.8, 4) is 5.75 Å². The summed E-state index contributed by atoms with van der Waals surface area (Å²) in [4.78, 5) is 0. The summed E-state index contributed by atoms with van der Waals surface area (Å²) in [5.41, 5.74) is 1.27. The molecular weight excluding hydrogens is 226 g/mol. The summed E-state index contributed by atoms with van der Waals surface area (Å²) in [7, 11) is 1.70. The zero-order valence-electron chi connectivity index (χ0n) is 11.9. The van der Waals surface area contributed by atoms with Crippen LogP contribution in [0.3, 0.4) is 0 Å². The minimum atomic E-state index is 0.209. The van der Waals surface area contributed by atoms with Crippen molar-refractivity contribution in [3.05, 3.63) is 29.8 Å². The van der Waals surface area contributed by atoms with E-state index >= 15 is 0 Å². The normalized spacial score (nSPS) is 14.2. The van der Waals surface area contributed by atoms with Crippen LogP contribution in [0.5, 0.6) is 5.75 Å². The Morgan fingerprint density at radius 2 is 2.06 bits per heavy atom. The van der Waals surface area contributed by atoms with Gasteiger partial charge in [-0.05, 0) is 44.5 Å². The molecule has 2 atom stereocenters. The highest BCUT2D eigenvalue weighted by Gasteiger charge is 2.17. The first kappa shape index (κ1) is 15.0. The lowest BCUT2D eigenvalue weighted by Gasteiger charge is -2.25. The maximum Gasteiger partial charge on any atom is 0.119 e. The Bertz CT molecular complexity index is 341. The van der Waals surface area contributed by atoms with Gasteiger partial charge in [0, 0.05) is 12.6 Å². The molecule has 0 amide bonds. The minimum Gasteiger partial charge on any atom is -0.497 e. The van der Waals surface area contributed by atoms with Gasteiger partial charge in [-0.3, -0.25) is 0 Å². The highest BCUT2D eigenvalue weighted by molar-refractivity contribution is 5.29. The Morgan fingerprint density at radius 1 is 1.28 bits per heavy atom. The van der Waals surface area contributed by atoms with Gasteiger partial charge in [0.2, 0.25) is 0 Å². The predicted molar refractivity (Wildman–Crippen MR) is 75.3 cm³/mol. The molecule has 0 aromatic heterocycles. The van der Waals surface area contributed by atoms with E-state index in [1.165, 1.54) is 5.56 Å². The first-order valence-corrected chi connectivity index (χ1v) is 6.69. The van der Waals surface area contributed by atoms with Crippen molar-refractivity contribution in [1.82, 2.24) is 5.32 Å². The van der Waals surface area contributed by atoms with E-state index in [2.05, 4.69) is 31.3 Å². The molecule has 1 aromatic carbocycles. The van der Waals surface area contributed by atoms with E-state index in [9.17, 15) is 0 Å². The van der Waals surface area contributed by atoms with Gasteiger partial charge in [0.05, 0.1) is 13.2 Å². The molecule has 0 saturated heterocycles. The van der Waals surface area contributed by atoms with E-state index < -0.39 is 0 Å². The van der Waals surface area contributed by atoms with Gasteiger partial charge in [-0.15, -0.1) is 0 Å². The highest BCUT2D eigenvalue weighted by atomic mass is 16.5. The fourth-order valence-electron chi connectivity index (χ4n) is 2.10. The fourth-order valence-corrected chi connectivity index (χ4v) is 2.10. The molecule has 2 unspecified atom stereocenters. The first-order valence-electron chi connectivity index (χ1n) is 6.69. The lowest BCUT2D eigenvalue weighted by molar-refractivity contribution is 0.0480. The summed E-state index contributed by atoms with van der Waals surface area (Å²) >= 11 is 0. The van der Waals surface area contributed by atoms with Gasteiger partial charge in [-0.1, -0.05) is 19.1 Å². The summed E-state index contributed by atoms with van der Waals surface area (Å²) in [6.45, 7) is 7.98. The van der Waals surface area contributed by atoms with Crippen LogP contribution in [0.2, 0.25) is 0 Å². The Hall–Kier alpha value is -1.06. The standard InChI is InChI=1S/C15H25NO2/c1-5-16-15(12(3)18-6-2)11-13-8-7-9-14(10-13)17-4/h7-10,12,15-16H,5-6,11H2,1-4H3. The van der Waals surface area contributed by atoms with Gasteiger partial charge < -0.3 is 14.8 Å². The fraction of sp³-hybridized carbons (Fsp3) is 0.600. The Kier molecular flexibility index (Phi) is 6.76. The van der Waals surface area contributed by atoms with Crippen LogP contribution in [0.1, 0.15) is 26.3 Å². The van der Waals surface area contributed by atoms with Crippen LogP contribution in [-0.2, 0) is 11.2 Å². The highest BCUT2D eigenvalue weighted by Crippen LogP contribution is 2.15. The van der Waals surface area contributed by atoms with Gasteiger partial charge >= 0.3 is 0 Å². The van der Waals surface area contributed by atoms with Crippen molar-refractivity contribution in [2.45, 2.75) is 39.3 Å². The van der Waals surface area contributed by atoms with Crippen molar-refractivity contribution in [1.29, 1.82) is 0 Å². The molecule has 102 valence electrons. The number of hydrogen-bond acceptors (Lipinski definition) is 3. The molecule has 0 radical (unpaired) electrons. The van der Waals surface area contributed by atoms with E-state index in [1.54, 1.807) is 7.11 Å². The molecule has 1 N–H and O–H groups in total. The largest absolute Gasteiger partial charge is 0.497 e. The number of likely N-dealkylation sites (N-methyl/N-ethyl adjacent to an activating group) is 1. The lowest BCUT2D eigenvalue weighted by atomic mass is 10.0. The molecule has 3 heteroatoms. The summed E-state index contributed by atoms with van der Waals surface area (Å²) in [5.74, 6) is 0.909. The molecule has 0 bridgehead atoms. The van der Waals surface area contributed by atoms with E-state index in [4.69, 9.17) is 9.47 Å². The lowest BCUT2D eigenvalue weighted by Crippen LogP contribution is -2.41. The summed E-state index contributed by atoms with van der Waals surface area (Å²) in [5, 5.41) is 3.49. The van der Waals surface area contributed by atoms with Gasteiger partial charge in [0.25, 0.3) is 0 Å². The molecule has 0 fully saturated rings. The predicted octanol–water partition coefficient (Wildman–Crippen LogP) is 2.64. The third-order valence-electron chi connectivity index (χ3n) is 3.05. The average Bonchev–Trinajstić information content (AvgIpc) is 2.39. The topological polar surface area (TPSA) is 30.5 Å². The summed E-state index contributed by atoms with van der Waals surface area (Å²) in [6, 6.07) is 8.55. The molecule has 1 rings (SSSR count). The molecule has 18 heavy (non-hydrogen) atoms. The second kappa shape index (κ2) is 8.11. The molecule has 0 spiro atoms. The smallest absolute Gasteiger partial charge is 0.119 e. The third-order valence-corrected chi connectivity index (χ3v) is 3.05. The van der Waals surface area contributed by atoms with Crippen LogP contribution < -0.4 is 10.1 Å². The zero-order chi connectivity index (χ0) is 13.4. The van der Waals surface area contributed by atoms with Gasteiger partial charge in [-0.2, -0.15) is 0 Å². The molecule has 0 aliphatic rings. The number of ether oxygens (including phenoxy) is 2. The Balaban J connectivity index is 2.69. The van der Waals surface area contributed by atoms with Crippen molar-refractivity contribution < 1.29 is 9.47 Å². The molecular formula is C15H25NO2. The van der Waals surface area contributed by atoms with Crippen molar-refractivity contribution in [2.75, 3.05) is 20.3 Å². The van der Waals surface area contributed by atoms with Gasteiger partial charge in [0.15, 0.2) is 0 Å². The Morgan fingerprint density at radius 3 is 2.67 bits per heavy atom. The number of methoxy groups -OCH3 is 1. The SMILES string of the molecule is CCNC(Cc1cccc(OC)c1)C(C)OCC. The maximum atomic E-state index is 5.69. The van der Waals surface area contributed by atoms with E-state index in [0.29, 0.717) is 6.04 Å². The molecule has 0 aliphatic heterocycles. The molecule has 0 heterocycles. The summed E-state index contributed by atoms with van der Waals surface area (Å²) in [6.07, 6.45) is 1.16. The first-order chi connectivity index (χ1) is 8.71. The number of nitrogens with one attached hydrogen (secondary N) is 1. The van der Waals surface area contributed by atoms with Crippen molar-refractivity contribution in [3.63, 3.8) is 0 Å². The Labute approximate surface area is 110 Å². The average molecular weight is 251 g/mol. The van der Waals surface area contributed by atoms with E-state index in [-0.39, 0.29) is 6.10 Å². The van der Waals surface area contributed by atoms with Crippen LogP contribution in [0.15, 0.2) is 24.3 Å².